The molecule has 0 heterocycles. The third-order valence-electron chi connectivity index (χ3n) is 3.11. The lowest BCUT2D eigenvalue weighted by atomic mass is 9.94. The molecule has 4 heteroatoms. The van der Waals surface area contributed by atoms with E-state index in [1.807, 2.05) is 14.0 Å². The van der Waals surface area contributed by atoms with Crippen molar-refractivity contribution in [3.05, 3.63) is 0 Å². The SMILES string of the molecule is CCCOCC(=O)N(C)C1CCCCC1Cl. The van der Waals surface area contributed by atoms with E-state index in [4.69, 9.17) is 16.3 Å². The van der Waals surface area contributed by atoms with Crippen LogP contribution in [0.5, 0.6) is 0 Å². The molecule has 94 valence electrons. The van der Waals surface area contributed by atoms with E-state index in [1.165, 1.54) is 12.8 Å². The first kappa shape index (κ1) is 13.8. The molecule has 0 aromatic rings. The zero-order chi connectivity index (χ0) is 12.0. The molecule has 1 aliphatic carbocycles. The molecule has 1 rings (SSSR count). The molecular weight excluding hydrogens is 226 g/mol. The summed E-state index contributed by atoms with van der Waals surface area (Å²) in [7, 11) is 1.84. The van der Waals surface area contributed by atoms with Crippen LogP contribution in [0.4, 0.5) is 0 Å². The van der Waals surface area contributed by atoms with Gasteiger partial charge < -0.3 is 9.64 Å². The summed E-state index contributed by atoms with van der Waals surface area (Å²) >= 11 is 6.25. The number of hydrogen-bond acceptors (Lipinski definition) is 2. The van der Waals surface area contributed by atoms with E-state index in [2.05, 4.69) is 0 Å². The maximum Gasteiger partial charge on any atom is 0.248 e. The molecule has 0 N–H and O–H groups in total. The van der Waals surface area contributed by atoms with Crippen molar-refractivity contribution in [2.24, 2.45) is 0 Å². The van der Waals surface area contributed by atoms with Crippen LogP contribution < -0.4 is 0 Å². The highest BCUT2D eigenvalue weighted by Crippen LogP contribution is 2.26. The van der Waals surface area contributed by atoms with Crippen molar-refractivity contribution < 1.29 is 9.53 Å². The molecule has 1 amide bonds. The minimum Gasteiger partial charge on any atom is -0.372 e. The quantitative estimate of drug-likeness (QED) is 0.552. The van der Waals surface area contributed by atoms with Crippen LogP contribution in [0.1, 0.15) is 39.0 Å². The summed E-state index contributed by atoms with van der Waals surface area (Å²) < 4.78 is 5.26. The van der Waals surface area contributed by atoms with Gasteiger partial charge in [0.1, 0.15) is 6.61 Å². The first-order valence-corrected chi connectivity index (χ1v) is 6.58. The average molecular weight is 248 g/mol. The molecule has 0 aromatic carbocycles. The highest BCUT2D eigenvalue weighted by molar-refractivity contribution is 6.21. The molecule has 2 atom stereocenters. The number of carbonyl (C=O) groups excluding carboxylic acids is 1. The van der Waals surface area contributed by atoms with E-state index in [9.17, 15) is 4.79 Å². The van der Waals surface area contributed by atoms with Crippen molar-refractivity contribution >= 4 is 17.5 Å². The fourth-order valence-electron chi connectivity index (χ4n) is 2.09. The van der Waals surface area contributed by atoms with Gasteiger partial charge in [0.05, 0.1) is 5.38 Å². The van der Waals surface area contributed by atoms with Crippen LogP contribution in [0.3, 0.4) is 0 Å². The number of rotatable bonds is 5. The van der Waals surface area contributed by atoms with E-state index in [0.717, 1.165) is 19.3 Å². The van der Waals surface area contributed by atoms with Crippen LogP contribution in [-0.2, 0) is 9.53 Å². The van der Waals surface area contributed by atoms with Gasteiger partial charge in [-0.2, -0.15) is 0 Å². The van der Waals surface area contributed by atoms with Gasteiger partial charge in [0.15, 0.2) is 0 Å². The summed E-state index contributed by atoms with van der Waals surface area (Å²) in [6.07, 6.45) is 5.32. The van der Waals surface area contributed by atoms with Gasteiger partial charge in [-0.15, -0.1) is 11.6 Å². The largest absolute Gasteiger partial charge is 0.372 e. The first-order valence-electron chi connectivity index (χ1n) is 6.14. The number of alkyl halides is 1. The molecule has 16 heavy (non-hydrogen) atoms. The Morgan fingerprint density at radius 2 is 2.12 bits per heavy atom. The van der Waals surface area contributed by atoms with E-state index in [-0.39, 0.29) is 23.9 Å². The van der Waals surface area contributed by atoms with Crippen LogP contribution >= 0.6 is 11.6 Å². The zero-order valence-electron chi connectivity index (χ0n) is 10.2. The van der Waals surface area contributed by atoms with E-state index in [0.29, 0.717) is 6.61 Å². The van der Waals surface area contributed by atoms with Crippen molar-refractivity contribution in [2.45, 2.75) is 50.4 Å². The summed E-state index contributed by atoms with van der Waals surface area (Å²) in [6, 6.07) is 0.188. The summed E-state index contributed by atoms with van der Waals surface area (Å²) in [5.74, 6) is 0.0472. The highest BCUT2D eigenvalue weighted by Gasteiger charge is 2.29. The standard InChI is InChI=1S/C12H22ClNO2/c1-3-8-16-9-12(15)14(2)11-7-5-4-6-10(11)13/h10-11H,3-9H2,1-2H3. The molecule has 0 radical (unpaired) electrons. The van der Waals surface area contributed by atoms with Crippen molar-refractivity contribution in [3.8, 4) is 0 Å². The Morgan fingerprint density at radius 3 is 2.75 bits per heavy atom. The normalized spacial score (nSPS) is 25.4. The third-order valence-corrected chi connectivity index (χ3v) is 3.62. The number of carbonyl (C=O) groups is 1. The number of nitrogens with zero attached hydrogens (tertiary/aromatic N) is 1. The summed E-state index contributed by atoms with van der Waals surface area (Å²) in [5.41, 5.74) is 0. The van der Waals surface area contributed by atoms with E-state index >= 15 is 0 Å². The number of halogens is 1. The second-order valence-corrected chi connectivity index (χ2v) is 4.99. The fourth-order valence-corrected chi connectivity index (χ4v) is 2.54. The van der Waals surface area contributed by atoms with Crippen LogP contribution in [0.15, 0.2) is 0 Å². The average Bonchev–Trinajstić information content (AvgIpc) is 2.29. The molecule has 0 saturated heterocycles. The highest BCUT2D eigenvalue weighted by atomic mass is 35.5. The van der Waals surface area contributed by atoms with Crippen molar-refractivity contribution in [1.82, 2.24) is 4.90 Å². The van der Waals surface area contributed by atoms with E-state index in [1.54, 1.807) is 4.90 Å². The third kappa shape index (κ3) is 3.95. The summed E-state index contributed by atoms with van der Waals surface area (Å²) in [4.78, 5) is 13.6. The number of likely N-dealkylation sites (N-methyl/N-ethyl adjacent to an activating group) is 1. The second-order valence-electron chi connectivity index (χ2n) is 4.43. The predicted molar refractivity (Wildman–Crippen MR) is 65.8 cm³/mol. The Balaban J connectivity index is 2.36. The maximum absolute atomic E-state index is 11.8. The first-order chi connectivity index (χ1) is 7.66. The number of hydrogen-bond donors (Lipinski definition) is 0. The topological polar surface area (TPSA) is 29.5 Å². The van der Waals surface area contributed by atoms with Gasteiger partial charge in [0.25, 0.3) is 0 Å². The van der Waals surface area contributed by atoms with E-state index < -0.39 is 0 Å². The van der Waals surface area contributed by atoms with Gasteiger partial charge in [-0.1, -0.05) is 19.8 Å². The van der Waals surface area contributed by atoms with Crippen LogP contribution in [0.25, 0.3) is 0 Å². The Bertz CT molecular complexity index is 223. The lowest BCUT2D eigenvalue weighted by molar-refractivity contribution is -0.137. The Labute approximate surface area is 103 Å². The van der Waals surface area contributed by atoms with Crippen molar-refractivity contribution in [3.63, 3.8) is 0 Å². The predicted octanol–water partition coefficient (Wildman–Crippen LogP) is 2.42. The molecule has 0 spiro atoms. The minimum atomic E-state index is 0.0472. The minimum absolute atomic E-state index is 0.0472. The molecule has 1 saturated carbocycles. The van der Waals surface area contributed by atoms with Gasteiger partial charge in [0.2, 0.25) is 5.91 Å². The fraction of sp³-hybridized carbons (Fsp3) is 0.917. The van der Waals surface area contributed by atoms with Crippen LogP contribution in [0.2, 0.25) is 0 Å². The lowest BCUT2D eigenvalue weighted by Crippen LogP contribution is -2.45. The smallest absolute Gasteiger partial charge is 0.248 e. The molecule has 1 fully saturated rings. The van der Waals surface area contributed by atoms with Crippen molar-refractivity contribution in [2.75, 3.05) is 20.3 Å². The number of amides is 1. The molecule has 0 aromatic heterocycles. The van der Waals surface area contributed by atoms with Gasteiger partial charge in [-0.3, -0.25) is 4.79 Å². The molecule has 2 unspecified atom stereocenters. The molecule has 3 nitrogen and oxygen atoms in total. The van der Waals surface area contributed by atoms with Gasteiger partial charge in [0, 0.05) is 19.7 Å². The second kappa shape index (κ2) is 7.13. The lowest BCUT2D eigenvalue weighted by Gasteiger charge is -2.34. The Hall–Kier alpha value is -0.280. The maximum atomic E-state index is 11.8. The Kier molecular flexibility index (Phi) is 6.14. The molecular formula is C12H22ClNO2. The van der Waals surface area contributed by atoms with Crippen LogP contribution in [-0.4, -0.2) is 42.5 Å². The molecule has 0 bridgehead atoms. The summed E-state index contributed by atoms with van der Waals surface area (Å²) in [5, 5.41) is 0.105. The summed E-state index contributed by atoms with van der Waals surface area (Å²) in [6.45, 7) is 2.86. The van der Waals surface area contributed by atoms with Gasteiger partial charge >= 0.3 is 0 Å². The molecule has 0 aliphatic heterocycles. The van der Waals surface area contributed by atoms with Crippen LogP contribution in [0, 0.1) is 0 Å². The number of ether oxygens (including phenoxy) is 1. The monoisotopic (exact) mass is 247 g/mol. The zero-order valence-corrected chi connectivity index (χ0v) is 11.0. The molecule has 1 aliphatic rings. The van der Waals surface area contributed by atoms with Crippen molar-refractivity contribution in [1.29, 1.82) is 0 Å². The Morgan fingerprint density at radius 1 is 1.44 bits per heavy atom. The van der Waals surface area contributed by atoms with Gasteiger partial charge in [-0.25, -0.2) is 0 Å². The van der Waals surface area contributed by atoms with Gasteiger partial charge in [-0.05, 0) is 19.3 Å².